The first kappa shape index (κ1) is 27.2. The Balaban J connectivity index is 1.88. The van der Waals surface area contributed by atoms with Gasteiger partial charge in [0.25, 0.3) is 0 Å². The summed E-state index contributed by atoms with van der Waals surface area (Å²) in [4.78, 5) is 51.0. The Bertz CT molecular complexity index is 994. The largest absolute Gasteiger partial charge is 0.462 e. The van der Waals surface area contributed by atoms with Crippen molar-refractivity contribution in [2.45, 2.75) is 37.6 Å². The minimum absolute atomic E-state index is 0.187. The molecule has 2 aliphatic rings. The Morgan fingerprint density at radius 3 is 2.50 bits per heavy atom. The summed E-state index contributed by atoms with van der Waals surface area (Å²) in [6.45, 7) is 1.61. The first-order valence-corrected chi connectivity index (χ1v) is 13.1. The number of hydrogen-bond donors (Lipinski definition) is 1. The highest BCUT2D eigenvalue weighted by Crippen LogP contribution is 2.57. The third-order valence-electron chi connectivity index (χ3n) is 4.82. The fourth-order valence-corrected chi connectivity index (χ4v) is 7.35. The molecule has 0 aliphatic carbocycles. The van der Waals surface area contributed by atoms with E-state index >= 15 is 0 Å². The van der Waals surface area contributed by atoms with Crippen molar-refractivity contribution in [1.29, 1.82) is 0 Å². The summed E-state index contributed by atoms with van der Waals surface area (Å²) in [6, 6.07) is 5.96. The quantitative estimate of drug-likeness (QED) is 0.164. The lowest BCUT2D eigenvalue weighted by atomic mass is 10.0. The van der Waals surface area contributed by atoms with E-state index in [0.29, 0.717) is 4.90 Å². The molecule has 3 atom stereocenters. The predicted molar refractivity (Wildman–Crippen MR) is 124 cm³/mol. The number of fused-ring (bicyclic) bond motifs is 1. The van der Waals surface area contributed by atoms with Gasteiger partial charge in [-0.15, -0.1) is 23.5 Å². The zero-order chi connectivity index (χ0) is 25.3. The molecule has 34 heavy (non-hydrogen) atoms. The summed E-state index contributed by atoms with van der Waals surface area (Å²) in [7, 11) is 0. The number of nitrogens with two attached hydrogens (primary N) is 1. The number of hydrogen-bond acceptors (Lipinski definition) is 10. The molecule has 0 spiro atoms. The van der Waals surface area contributed by atoms with E-state index in [1.807, 2.05) is 0 Å². The first-order chi connectivity index (χ1) is 15.8. The van der Waals surface area contributed by atoms with Gasteiger partial charge in [-0.1, -0.05) is 15.9 Å². The molecule has 186 valence electrons. The van der Waals surface area contributed by atoms with E-state index in [1.165, 1.54) is 29.2 Å². The normalized spacial score (nSPS) is 26.4. The van der Waals surface area contributed by atoms with Crippen molar-refractivity contribution < 1.29 is 41.8 Å². The van der Waals surface area contributed by atoms with Crippen molar-refractivity contribution >= 4 is 75.0 Å². The van der Waals surface area contributed by atoms with Gasteiger partial charge < -0.3 is 20.1 Å². The van der Waals surface area contributed by atoms with Crippen LogP contribution in [0.2, 0.25) is 0 Å². The van der Waals surface area contributed by atoms with Crippen molar-refractivity contribution in [3.63, 3.8) is 0 Å². The number of rotatable bonds is 7. The van der Waals surface area contributed by atoms with Crippen LogP contribution in [0.1, 0.15) is 23.7 Å². The smallest absolute Gasteiger partial charge is 0.442 e. The fourth-order valence-electron chi connectivity index (χ4n) is 3.14. The van der Waals surface area contributed by atoms with Crippen LogP contribution in [-0.4, -0.2) is 67.0 Å². The Labute approximate surface area is 213 Å². The maximum absolute atomic E-state index is 13.2. The van der Waals surface area contributed by atoms with Gasteiger partial charge in [-0.2, -0.15) is 13.2 Å². The summed E-state index contributed by atoms with van der Waals surface area (Å²) in [5.41, 5.74) is 2.00. The van der Waals surface area contributed by atoms with Gasteiger partial charge in [0, 0.05) is 4.90 Å². The molecule has 8 nitrogen and oxygen atoms in total. The Hall–Kier alpha value is -1.42. The van der Waals surface area contributed by atoms with E-state index < -0.39 is 49.5 Å². The minimum Gasteiger partial charge on any atom is -0.462 e. The number of halogens is 4. The van der Waals surface area contributed by atoms with E-state index in [4.69, 9.17) is 15.2 Å². The van der Waals surface area contributed by atoms with Gasteiger partial charge in [0.05, 0.1) is 30.5 Å². The summed E-state index contributed by atoms with van der Waals surface area (Å²) >= 11 is 4.63. The van der Waals surface area contributed by atoms with Gasteiger partial charge in [0.1, 0.15) is 9.53 Å². The van der Waals surface area contributed by atoms with Gasteiger partial charge in [0.15, 0.2) is 4.75 Å². The van der Waals surface area contributed by atoms with Crippen molar-refractivity contribution in [2.24, 2.45) is 5.73 Å². The molecule has 0 bridgehead atoms. The number of benzene rings is 1. The van der Waals surface area contributed by atoms with Crippen LogP contribution >= 0.6 is 51.2 Å². The standard InChI is InChI=1S/C19H18BrF3N2O6S3/c1-2-30-15(28)10-3-5-11(6-4-10)33-17(16(29)31-14(27)8-32-19(21,22)23)9-25-12(26)7-13(25)34-18(17,20)24/h3-6,13H,2,7-9,24H2,1H3/t13-,17?,18?/m1/s1. The SMILES string of the molecule is CCOC(=O)c1ccc(SC2(C(=O)OC(=O)CSC(F)(F)F)CN3C(=O)C[C@H]3SC2(N)Br)cc1. The zero-order valence-corrected chi connectivity index (χ0v) is 21.5. The minimum atomic E-state index is -4.68. The number of alkyl halides is 4. The summed E-state index contributed by atoms with van der Waals surface area (Å²) in [5, 5.41) is -0.305. The molecule has 2 heterocycles. The molecular weight excluding hydrogens is 585 g/mol. The molecule has 3 rings (SSSR count). The van der Waals surface area contributed by atoms with E-state index in [9.17, 15) is 32.3 Å². The summed E-state index contributed by atoms with van der Waals surface area (Å²) in [6.07, 6.45) is 0.209. The molecule has 2 fully saturated rings. The highest BCUT2D eigenvalue weighted by atomic mass is 79.9. The Morgan fingerprint density at radius 1 is 1.29 bits per heavy atom. The Morgan fingerprint density at radius 2 is 1.94 bits per heavy atom. The average molecular weight is 603 g/mol. The average Bonchev–Trinajstić information content (AvgIpc) is 2.74. The first-order valence-electron chi connectivity index (χ1n) is 9.65. The number of carbonyl (C=O) groups is 4. The highest BCUT2D eigenvalue weighted by molar-refractivity contribution is 9.12. The van der Waals surface area contributed by atoms with Crippen LogP contribution in [0, 0.1) is 0 Å². The molecule has 2 unspecified atom stereocenters. The molecule has 0 saturated carbocycles. The van der Waals surface area contributed by atoms with E-state index in [1.54, 1.807) is 6.92 Å². The van der Waals surface area contributed by atoms with Crippen LogP contribution in [0.4, 0.5) is 13.2 Å². The molecule has 2 saturated heterocycles. The van der Waals surface area contributed by atoms with E-state index in [-0.39, 0.29) is 36.4 Å². The maximum atomic E-state index is 13.2. The van der Waals surface area contributed by atoms with Gasteiger partial charge >= 0.3 is 23.4 Å². The van der Waals surface area contributed by atoms with Crippen LogP contribution in [0.5, 0.6) is 0 Å². The van der Waals surface area contributed by atoms with Crippen LogP contribution < -0.4 is 5.73 Å². The fraction of sp³-hybridized carbons (Fsp3) is 0.474. The number of carbonyl (C=O) groups excluding carboxylic acids is 4. The number of nitrogens with zero attached hydrogens (tertiary/aromatic N) is 1. The van der Waals surface area contributed by atoms with Crippen LogP contribution in [-0.2, 0) is 23.9 Å². The molecule has 1 aromatic carbocycles. The molecular formula is C19H18BrF3N2O6S3. The molecule has 1 amide bonds. The van der Waals surface area contributed by atoms with Crippen molar-refractivity contribution in [2.75, 3.05) is 18.9 Å². The second kappa shape index (κ2) is 10.3. The molecule has 15 heteroatoms. The number of amides is 1. The summed E-state index contributed by atoms with van der Waals surface area (Å²) < 4.78 is 43.7. The van der Waals surface area contributed by atoms with Crippen LogP contribution in [0.3, 0.4) is 0 Å². The molecule has 0 aromatic heterocycles. The third-order valence-corrected chi connectivity index (χ3v) is 10.0. The van der Waals surface area contributed by atoms with Crippen LogP contribution in [0.25, 0.3) is 0 Å². The number of thioether (sulfide) groups is 3. The van der Waals surface area contributed by atoms with Crippen molar-refractivity contribution in [1.82, 2.24) is 4.90 Å². The maximum Gasteiger partial charge on any atom is 0.442 e. The predicted octanol–water partition coefficient (Wildman–Crippen LogP) is 3.33. The molecule has 2 aliphatic heterocycles. The topological polar surface area (TPSA) is 116 Å². The number of β-lactam (4-membered cyclic amide) rings is 1. The second-order valence-corrected chi connectivity index (χ2v) is 12.7. The molecule has 0 radical (unpaired) electrons. The highest BCUT2D eigenvalue weighted by Gasteiger charge is 2.65. The zero-order valence-electron chi connectivity index (χ0n) is 17.4. The van der Waals surface area contributed by atoms with Crippen molar-refractivity contribution in [3.8, 4) is 0 Å². The van der Waals surface area contributed by atoms with Crippen molar-refractivity contribution in [3.05, 3.63) is 29.8 Å². The lowest BCUT2D eigenvalue weighted by Gasteiger charge is -2.55. The third kappa shape index (κ3) is 5.86. The molecule has 2 N–H and O–H groups in total. The number of esters is 3. The lowest BCUT2D eigenvalue weighted by molar-refractivity contribution is -0.161. The van der Waals surface area contributed by atoms with Gasteiger partial charge in [-0.3, -0.25) is 9.59 Å². The van der Waals surface area contributed by atoms with E-state index in [2.05, 4.69) is 15.9 Å². The van der Waals surface area contributed by atoms with Crippen LogP contribution in [0.15, 0.2) is 29.2 Å². The van der Waals surface area contributed by atoms with Gasteiger partial charge in [-0.25, -0.2) is 9.59 Å². The van der Waals surface area contributed by atoms with Gasteiger partial charge in [0.2, 0.25) is 5.91 Å². The number of ether oxygens (including phenoxy) is 2. The lowest BCUT2D eigenvalue weighted by Crippen LogP contribution is -2.72. The van der Waals surface area contributed by atoms with Gasteiger partial charge in [-0.05, 0) is 43.0 Å². The molecule has 1 aromatic rings. The summed E-state index contributed by atoms with van der Waals surface area (Å²) in [5.74, 6) is -4.49. The van der Waals surface area contributed by atoms with E-state index in [0.717, 1.165) is 23.5 Å². The monoisotopic (exact) mass is 602 g/mol. The Kier molecular flexibility index (Phi) is 8.22. The second-order valence-electron chi connectivity index (χ2n) is 7.11.